The van der Waals surface area contributed by atoms with Gasteiger partial charge in [-0.15, -0.1) is 0 Å². The van der Waals surface area contributed by atoms with Crippen LogP contribution < -0.4 is 15.3 Å². The largest absolute Gasteiger partial charge is 0.310 e. The average Bonchev–Trinajstić information content (AvgIpc) is 3.82. The fourth-order valence-electron chi connectivity index (χ4n) is 10.8. The van der Waals surface area contributed by atoms with Gasteiger partial charge in [-0.3, -0.25) is 0 Å². The van der Waals surface area contributed by atoms with Gasteiger partial charge in [-0.05, 0) is 138 Å². The standard InChI is InChI=1S/C57H44N2Si/c1-57(2)50-24-13-11-22-44(50)45-29-28-43(35-51(45)57)58(40-17-7-5-8-18-40)42-21-15-16-37(32-42)38-26-30-52-48(33-38)49-34-39-27-31-55-56(46-23-12-14-25-54(46)60(55,3)4)47(39)36-53(49)59(52)41-19-9-6-10-20-41/h5-36H,1-4H3. The minimum absolute atomic E-state index is 0.0886. The van der Waals surface area contributed by atoms with Crippen LogP contribution in [0.25, 0.3) is 71.6 Å². The van der Waals surface area contributed by atoms with Gasteiger partial charge in [0.05, 0.1) is 11.0 Å². The van der Waals surface area contributed by atoms with Crippen LogP contribution in [0.5, 0.6) is 0 Å². The van der Waals surface area contributed by atoms with Crippen molar-refractivity contribution in [1.82, 2.24) is 4.57 Å². The highest BCUT2D eigenvalue weighted by atomic mass is 28.3. The third kappa shape index (κ3) is 4.99. The maximum atomic E-state index is 2.50. The van der Waals surface area contributed by atoms with Gasteiger partial charge in [-0.25, -0.2) is 0 Å². The number of nitrogens with zero attached hydrogens (tertiary/aromatic N) is 2. The third-order valence-corrected chi connectivity index (χ3v) is 17.3. The Labute approximate surface area is 352 Å². The molecule has 2 heterocycles. The van der Waals surface area contributed by atoms with E-state index in [9.17, 15) is 0 Å². The number of hydrogen-bond donors (Lipinski definition) is 0. The van der Waals surface area contributed by atoms with Gasteiger partial charge in [0, 0.05) is 38.9 Å². The molecule has 1 aliphatic carbocycles. The Morgan fingerprint density at radius 3 is 1.93 bits per heavy atom. The quantitative estimate of drug-likeness (QED) is 0.158. The summed E-state index contributed by atoms with van der Waals surface area (Å²) < 4.78 is 2.47. The zero-order valence-electron chi connectivity index (χ0n) is 34.4. The number of anilines is 3. The van der Waals surface area contributed by atoms with E-state index >= 15 is 0 Å². The summed E-state index contributed by atoms with van der Waals surface area (Å²) in [4.78, 5) is 2.41. The lowest BCUT2D eigenvalue weighted by Gasteiger charge is -2.28. The van der Waals surface area contributed by atoms with Crippen LogP contribution in [0.15, 0.2) is 194 Å². The second-order valence-electron chi connectivity index (χ2n) is 17.8. The molecule has 1 aromatic heterocycles. The number of fused-ring (bicyclic) bond motifs is 11. The van der Waals surface area contributed by atoms with E-state index in [2.05, 4.69) is 231 Å². The first-order valence-electron chi connectivity index (χ1n) is 21.2. The Kier molecular flexibility index (Phi) is 7.46. The topological polar surface area (TPSA) is 8.17 Å². The van der Waals surface area contributed by atoms with Crippen molar-refractivity contribution in [2.45, 2.75) is 32.4 Å². The minimum Gasteiger partial charge on any atom is -0.310 e. The Hall–Kier alpha value is -6.94. The zero-order valence-corrected chi connectivity index (χ0v) is 35.4. The molecule has 2 nitrogen and oxygen atoms in total. The van der Waals surface area contributed by atoms with E-state index < -0.39 is 8.07 Å². The van der Waals surface area contributed by atoms with Gasteiger partial charge in [0.15, 0.2) is 0 Å². The Bertz CT molecular complexity index is 3370. The molecule has 2 aliphatic rings. The van der Waals surface area contributed by atoms with E-state index in [-0.39, 0.29) is 5.41 Å². The van der Waals surface area contributed by atoms with Gasteiger partial charge in [-0.1, -0.05) is 148 Å². The average molecular weight is 785 g/mol. The van der Waals surface area contributed by atoms with Crippen molar-refractivity contribution in [3.05, 3.63) is 205 Å². The van der Waals surface area contributed by atoms with Crippen molar-refractivity contribution >= 4 is 68.1 Å². The summed E-state index contributed by atoms with van der Waals surface area (Å²) in [6.45, 7) is 9.72. The molecule has 3 heteroatoms. The van der Waals surface area contributed by atoms with Crippen molar-refractivity contribution in [2.75, 3.05) is 4.90 Å². The maximum absolute atomic E-state index is 2.50. The molecule has 9 aromatic carbocycles. The molecule has 60 heavy (non-hydrogen) atoms. The molecule has 0 amide bonds. The summed E-state index contributed by atoms with van der Waals surface area (Å²) in [5.41, 5.74) is 17.6. The van der Waals surface area contributed by atoms with E-state index in [1.807, 2.05) is 0 Å². The molecule has 0 radical (unpaired) electrons. The van der Waals surface area contributed by atoms with Crippen LogP contribution in [0.1, 0.15) is 25.0 Å². The number of benzene rings is 9. The van der Waals surface area contributed by atoms with Crippen LogP contribution in [0.2, 0.25) is 13.1 Å². The number of para-hydroxylation sites is 2. The second-order valence-corrected chi connectivity index (χ2v) is 22.1. The molecular formula is C57H44N2Si. The fourth-order valence-corrected chi connectivity index (χ4v) is 13.8. The molecule has 0 fully saturated rings. The summed E-state index contributed by atoms with van der Waals surface area (Å²) >= 11 is 0. The molecule has 0 atom stereocenters. The molecule has 0 bridgehead atoms. The van der Waals surface area contributed by atoms with Crippen LogP contribution in [0.4, 0.5) is 17.1 Å². The van der Waals surface area contributed by atoms with Gasteiger partial charge in [0.2, 0.25) is 0 Å². The van der Waals surface area contributed by atoms with Gasteiger partial charge in [-0.2, -0.15) is 0 Å². The molecule has 0 spiro atoms. The molecule has 10 aromatic rings. The number of aromatic nitrogens is 1. The van der Waals surface area contributed by atoms with Crippen LogP contribution >= 0.6 is 0 Å². The Morgan fingerprint density at radius 1 is 0.433 bits per heavy atom. The highest BCUT2D eigenvalue weighted by Crippen LogP contribution is 2.51. The van der Waals surface area contributed by atoms with Crippen LogP contribution in [-0.2, 0) is 5.41 Å². The monoisotopic (exact) mass is 784 g/mol. The SMILES string of the molecule is CC1(C)c2ccccc2-c2ccc(N(c3ccccc3)c3cccc(-c4ccc5c(c4)c4cc6ccc7c(c6cc4n5-c4ccccc4)-c4ccccc4[Si]7(C)C)c3)cc21. The predicted octanol–water partition coefficient (Wildman–Crippen LogP) is 14.2. The minimum atomic E-state index is -1.81. The summed E-state index contributed by atoms with van der Waals surface area (Å²) in [6, 6.07) is 72.6. The molecule has 0 saturated carbocycles. The molecule has 1 aliphatic heterocycles. The van der Waals surface area contributed by atoms with Crippen LogP contribution in [-0.4, -0.2) is 12.6 Å². The van der Waals surface area contributed by atoms with E-state index in [1.165, 1.54) is 82.8 Å². The smallest absolute Gasteiger partial charge is 0.113 e. The highest BCUT2D eigenvalue weighted by molar-refractivity contribution is 7.04. The summed E-state index contributed by atoms with van der Waals surface area (Å²) in [7, 11) is -1.81. The van der Waals surface area contributed by atoms with Crippen LogP contribution in [0, 0.1) is 0 Å². The Morgan fingerprint density at radius 2 is 1.10 bits per heavy atom. The highest BCUT2D eigenvalue weighted by Gasteiger charge is 2.38. The molecule has 0 N–H and O–H groups in total. The fraction of sp³-hybridized carbons (Fsp3) is 0.0877. The van der Waals surface area contributed by atoms with E-state index in [1.54, 1.807) is 10.4 Å². The normalized spacial score (nSPS) is 14.3. The van der Waals surface area contributed by atoms with Crippen molar-refractivity contribution in [3.8, 4) is 39.1 Å². The van der Waals surface area contributed by atoms with Crippen molar-refractivity contribution in [3.63, 3.8) is 0 Å². The van der Waals surface area contributed by atoms with E-state index in [4.69, 9.17) is 0 Å². The molecular weight excluding hydrogens is 741 g/mol. The van der Waals surface area contributed by atoms with Crippen molar-refractivity contribution < 1.29 is 0 Å². The van der Waals surface area contributed by atoms with Gasteiger partial charge in [0.1, 0.15) is 8.07 Å². The molecule has 12 rings (SSSR count). The number of rotatable bonds is 5. The van der Waals surface area contributed by atoms with Crippen molar-refractivity contribution in [2.24, 2.45) is 0 Å². The van der Waals surface area contributed by atoms with E-state index in [0.717, 1.165) is 17.1 Å². The van der Waals surface area contributed by atoms with Gasteiger partial charge < -0.3 is 9.47 Å². The third-order valence-electron chi connectivity index (χ3n) is 13.7. The number of hydrogen-bond acceptors (Lipinski definition) is 1. The summed E-state index contributed by atoms with van der Waals surface area (Å²) in [5, 5.41) is 8.25. The first-order chi connectivity index (χ1) is 29.3. The predicted molar refractivity (Wildman–Crippen MR) is 258 cm³/mol. The van der Waals surface area contributed by atoms with E-state index in [0.29, 0.717) is 0 Å². The first kappa shape index (κ1) is 35.0. The van der Waals surface area contributed by atoms with Crippen molar-refractivity contribution in [1.29, 1.82) is 0 Å². The Balaban J connectivity index is 1.03. The lowest BCUT2D eigenvalue weighted by molar-refractivity contribution is 0.660. The molecule has 286 valence electrons. The van der Waals surface area contributed by atoms with Crippen LogP contribution in [0.3, 0.4) is 0 Å². The second kappa shape index (κ2) is 12.8. The lowest BCUT2D eigenvalue weighted by atomic mass is 9.82. The first-order valence-corrected chi connectivity index (χ1v) is 24.2. The zero-order chi connectivity index (χ0) is 40.3. The summed E-state index contributed by atoms with van der Waals surface area (Å²) in [5.74, 6) is 0. The summed E-state index contributed by atoms with van der Waals surface area (Å²) in [6.07, 6.45) is 0. The lowest BCUT2D eigenvalue weighted by Crippen LogP contribution is -2.49. The molecule has 0 saturated heterocycles. The molecule has 0 unspecified atom stereocenters. The maximum Gasteiger partial charge on any atom is 0.113 e. The van der Waals surface area contributed by atoms with Gasteiger partial charge in [0.25, 0.3) is 0 Å². The van der Waals surface area contributed by atoms with Gasteiger partial charge >= 0.3 is 0 Å².